The lowest BCUT2D eigenvalue weighted by Crippen LogP contribution is -1.85. The molecule has 0 aliphatic carbocycles. The Morgan fingerprint density at radius 2 is 1.84 bits per heavy atom. The fraction of sp³-hybridized carbons (Fsp3) is 0. The van der Waals surface area contributed by atoms with E-state index in [0.29, 0.717) is 17.4 Å². The van der Waals surface area contributed by atoms with Gasteiger partial charge in [-0.25, -0.2) is 0 Å². The molecule has 0 amide bonds. The van der Waals surface area contributed by atoms with E-state index in [-0.39, 0.29) is 0 Å². The fourth-order valence-electron chi connectivity index (χ4n) is 1.62. The molecule has 19 heavy (non-hydrogen) atoms. The Bertz CT molecular complexity index is 709. The van der Waals surface area contributed by atoms with E-state index in [1.54, 1.807) is 24.5 Å². The minimum atomic E-state index is 0.431. The molecule has 0 fully saturated rings. The summed E-state index contributed by atoms with van der Waals surface area (Å²) >= 11 is 3.35. The number of hydrogen-bond acceptors (Lipinski definition) is 5. The van der Waals surface area contributed by atoms with Gasteiger partial charge >= 0.3 is 0 Å². The van der Waals surface area contributed by atoms with Crippen molar-refractivity contribution in [3.8, 4) is 22.8 Å². The van der Waals surface area contributed by atoms with Gasteiger partial charge in [-0.1, -0.05) is 5.16 Å². The molecule has 3 aromatic rings. The van der Waals surface area contributed by atoms with Crippen molar-refractivity contribution in [3.63, 3.8) is 0 Å². The molecule has 0 aliphatic rings. The summed E-state index contributed by atoms with van der Waals surface area (Å²) in [4.78, 5) is 8.41. The number of nitrogen functional groups attached to an aromatic ring is 1. The van der Waals surface area contributed by atoms with Crippen molar-refractivity contribution in [2.45, 2.75) is 0 Å². The number of halogens is 1. The molecule has 0 unspecified atom stereocenters. The Morgan fingerprint density at radius 1 is 1.05 bits per heavy atom. The summed E-state index contributed by atoms with van der Waals surface area (Å²) in [6, 6.07) is 9.16. The molecule has 0 atom stereocenters. The molecule has 3 rings (SSSR count). The van der Waals surface area contributed by atoms with Crippen LogP contribution in [0.5, 0.6) is 0 Å². The summed E-state index contributed by atoms with van der Waals surface area (Å²) in [6.07, 6.45) is 3.37. The summed E-state index contributed by atoms with van der Waals surface area (Å²) < 4.78 is 6.10. The van der Waals surface area contributed by atoms with Crippen LogP contribution in [0.1, 0.15) is 0 Å². The summed E-state index contributed by atoms with van der Waals surface area (Å²) in [5.41, 5.74) is 7.96. The monoisotopic (exact) mass is 316 g/mol. The Hall–Kier alpha value is -2.21. The van der Waals surface area contributed by atoms with Crippen LogP contribution in [0.4, 0.5) is 5.69 Å². The van der Waals surface area contributed by atoms with Crippen LogP contribution in [0.2, 0.25) is 0 Å². The zero-order chi connectivity index (χ0) is 13.2. The molecule has 6 heteroatoms. The van der Waals surface area contributed by atoms with Gasteiger partial charge in [-0.05, 0) is 46.3 Å². The molecule has 2 N–H and O–H groups in total. The minimum absolute atomic E-state index is 0.431. The third-order valence-electron chi connectivity index (χ3n) is 2.55. The van der Waals surface area contributed by atoms with Crippen molar-refractivity contribution in [2.24, 2.45) is 0 Å². The summed E-state index contributed by atoms with van der Waals surface area (Å²) in [5, 5.41) is 3.95. The summed E-state index contributed by atoms with van der Waals surface area (Å²) in [5.74, 6) is 0.954. The van der Waals surface area contributed by atoms with Crippen LogP contribution in [0, 0.1) is 0 Å². The lowest BCUT2D eigenvalue weighted by Gasteiger charge is -1.95. The molecule has 2 heterocycles. The SMILES string of the molecule is Nc1ccc(-c2noc(-c3cncc(Br)c3)n2)cc1. The Balaban J connectivity index is 1.97. The van der Waals surface area contributed by atoms with Gasteiger partial charge in [0.05, 0.1) is 5.56 Å². The van der Waals surface area contributed by atoms with E-state index < -0.39 is 0 Å². The van der Waals surface area contributed by atoms with Gasteiger partial charge in [-0.15, -0.1) is 0 Å². The number of nitrogens with zero attached hydrogens (tertiary/aromatic N) is 3. The van der Waals surface area contributed by atoms with Gasteiger partial charge in [0.25, 0.3) is 5.89 Å². The van der Waals surface area contributed by atoms with Crippen molar-refractivity contribution < 1.29 is 4.52 Å². The Kier molecular flexibility index (Phi) is 3.00. The third-order valence-corrected chi connectivity index (χ3v) is 2.98. The van der Waals surface area contributed by atoms with E-state index in [2.05, 4.69) is 31.1 Å². The van der Waals surface area contributed by atoms with Gasteiger partial charge in [-0.3, -0.25) is 4.98 Å². The lowest BCUT2D eigenvalue weighted by molar-refractivity contribution is 0.432. The maximum absolute atomic E-state index is 5.64. The summed E-state index contributed by atoms with van der Waals surface area (Å²) in [6.45, 7) is 0. The highest BCUT2D eigenvalue weighted by Gasteiger charge is 2.10. The second kappa shape index (κ2) is 4.81. The van der Waals surface area contributed by atoms with Gasteiger partial charge in [0, 0.05) is 28.1 Å². The number of rotatable bonds is 2. The minimum Gasteiger partial charge on any atom is -0.399 e. The highest BCUT2D eigenvalue weighted by Crippen LogP contribution is 2.23. The Labute approximate surface area is 117 Å². The molecule has 5 nitrogen and oxygen atoms in total. The first-order valence-corrected chi connectivity index (χ1v) is 6.32. The van der Waals surface area contributed by atoms with Gasteiger partial charge in [0.2, 0.25) is 5.82 Å². The molecule has 0 radical (unpaired) electrons. The van der Waals surface area contributed by atoms with Crippen LogP contribution in [-0.2, 0) is 0 Å². The van der Waals surface area contributed by atoms with Crippen molar-refractivity contribution >= 4 is 21.6 Å². The molecular weight excluding hydrogens is 308 g/mol. The topological polar surface area (TPSA) is 77.8 Å². The number of aromatic nitrogens is 3. The zero-order valence-electron chi connectivity index (χ0n) is 9.75. The molecule has 0 saturated heterocycles. The predicted molar refractivity (Wildman–Crippen MR) is 75.1 cm³/mol. The van der Waals surface area contributed by atoms with Crippen LogP contribution in [-0.4, -0.2) is 15.1 Å². The highest BCUT2D eigenvalue weighted by molar-refractivity contribution is 9.10. The number of anilines is 1. The molecule has 1 aromatic carbocycles. The van der Waals surface area contributed by atoms with E-state index in [9.17, 15) is 0 Å². The van der Waals surface area contributed by atoms with E-state index in [4.69, 9.17) is 10.3 Å². The molecule has 0 spiro atoms. The van der Waals surface area contributed by atoms with Gasteiger partial charge < -0.3 is 10.3 Å². The van der Waals surface area contributed by atoms with Crippen LogP contribution >= 0.6 is 15.9 Å². The van der Waals surface area contributed by atoms with E-state index >= 15 is 0 Å². The first-order chi connectivity index (χ1) is 9.22. The molecule has 0 saturated carbocycles. The number of nitrogens with two attached hydrogens (primary N) is 1. The standard InChI is InChI=1S/C13H9BrN4O/c14-10-5-9(6-16-7-10)13-17-12(18-19-13)8-1-3-11(15)4-2-8/h1-7H,15H2. The summed E-state index contributed by atoms with van der Waals surface area (Å²) in [7, 11) is 0. The molecule has 0 bridgehead atoms. The van der Waals surface area contributed by atoms with Crippen molar-refractivity contribution in [1.29, 1.82) is 0 Å². The normalized spacial score (nSPS) is 10.6. The first-order valence-electron chi connectivity index (χ1n) is 5.53. The zero-order valence-corrected chi connectivity index (χ0v) is 11.3. The van der Waals surface area contributed by atoms with Crippen LogP contribution in [0.3, 0.4) is 0 Å². The molecule has 2 aromatic heterocycles. The first kappa shape index (κ1) is 11.9. The maximum atomic E-state index is 5.64. The molecule has 0 aliphatic heterocycles. The third kappa shape index (κ3) is 2.48. The van der Waals surface area contributed by atoms with Crippen molar-refractivity contribution in [1.82, 2.24) is 15.1 Å². The van der Waals surface area contributed by atoms with E-state index in [1.165, 1.54) is 0 Å². The molecular formula is C13H9BrN4O. The van der Waals surface area contributed by atoms with Gasteiger partial charge in [-0.2, -0.15) is 4.98 Å². The second-order valence-electron chi connectivity index (χ2n) is 3.94. The van der Waals surface area contributed by atoms with Crippen molar-refractivity contribution in [2.75, 3.05) is 5.73 Å². The van der Waals surface area contributed by atoms with Crippen LogP contribution < -0.4 is 5.73 Å². The van der Waals surface area contributed by atoms with Gasteiger partial charge in [0.15, 0.2) is 0 Å². The van der Waals surface area contributed by atoms with Crippen molar-refractivity contribution in [3.05, 3.63) is 47.2 Å². The smallest absolute Gasteiger partial charge is 0.259 e. The lowest BCUT2D eigenvalue weighted by atomic mass is 10.2. The number of hydrogen-bond donors (Lipinski definition) is 1. The quantitative estimate of drug-likeness (QED) is 0.735. The van der Waals surface area contributed by atoms with Crippen LogP contribution in [0.25, 0.3) is 22.8 Å². The number of pyridine rings is 1. The maximum Gasteiger partial charge on any atom is 0.259 e. The molecule has 94 valence electrons. The van der Waals surface area contributed by atoms with E-state index in [1.807, 2.05) is 18.2 Å². The average Bonchev–Trinajstić information content (AvgIpc) is 2.89. The van der Waals surface area contributed by atoms with Crippen LogP contribution in [0.15, 0.2) is 51.7 Å². The fourth-order valence-corrected chi connectivity index (χ4v) is 1.98. The average molecular weight is 317 g/mol. The van der Waals surface area contributed by atoms with Gasteiger partial charge in [0.1, 0.15) is 0 Å². The second-order valence-corrected chi connectivity index (χ2v) is 4.85. The highest BCUT2D eigenvalue weighted by atomic mass is 79.9. The van der Waals surface area contributed by atoms with E-state index in [0.717, 1.165) is 15.6 Å². The Morgan fingerprint density at radius 3 is 2.58 bits per heavy atom. The number of benzene rings is 1. The largest absolute Gasteiger partial charge is 0.399 e. The predicted octanol–water partition coefficient (Wildman–Crippen LogP) is 3.14.